The summed E-state index contributed by atoms with van der Waals surface area (Å²) in [6.45, 7) is -2.61. The van der Waals surface area contributed by atoms with E-state index in [1.807, 2.05) is 0 Å². The van der Waals surface area contributed by atoms with Gasteiger partial charge in [-0.05, 0) is 30.2 Å². The number of H-pyrrole nitrogens is 1. The predicted octanol–water partition coefficient (Wildman–Crippen LogP) is 2.43. The molecule has 0 fully saturated rings. The van der Waals surface area contributed by atoms with E-state index in [1.54, 1.807) is 36.4 Å². The number of aromatic nitrogens is 2. The number of aromatic amines is 1. The smallest absolute Gasteiger partial charge is 0.387 e. The fourth-order valence-electron chi connectivity index (χ4n) is 2.93. The molecule has 0 saturated heterocycles. The molecular weight excluding hydrogens is 384 g/mol. The minimum Gasteiger partial charge on any atom is -0.493 e. The van der Waals surface area contributed by atoms with E-state index < -0.39 is 6.61 Å². The standard InChI is InChI=1S/C20H19F2N3O4/c1-28-17-10-12(6-7-16(17)29-20(21)22)8-9-23-18(26)11-15-13-4-2-3-5-14(13)19(27)25-24-15/h2-7,10,20H,8-9,11H2,1H3,(H,23,26)(H,25,27). The molecule has 7 nitrogen and oxygen atoms in total. The predicted molar refractivity (Wildman–Crippen MR) is 102 cm³/mol. The molecule has 0 saturated carbocycles. The number of halogens is 2. The highest BCUT2D eigenvalue weighted by molar-refractivity contribution is 5.88. The van der Waals surface area contributed by atoms with Gasteiger partial charge in [-0.15, -0.1) is 0 Å². The third-order valence-corrected chi connectivity index (χ3v) is 4.28. The molecule has 3 aromatic rings. The minimum atomic E-state index is -2.94. The number of amides is 1. The van der Waals surface area contributed by atoms with Crippen LogP contribution < -0.4 is 20.3 Å². The van der Waals surface area contributed by atoms with Crippen molar-refractivity contribution < 1.29 is 23.0 Å². The Morgan fingerprint density at radius 2 is 1.93 bits per heavy atom. The second kappa shape index (κ2) is 9.13. The molecule has 0 unspecified atom stereocenters. The summed E-state index contributed by atoms with van der Waals surface area (Å²) in [5, 5.41) is 10.3. The number of methoxy groups -OCH3 is 1. The van der Waals surface area contributed by atoms with E-state index in [-0.39, 0.29) is 29.4 Å². The first-order chi connectivity index (χ1) is 14.0. The molecule has 0 aliphatic carbocycles. The molecule has 152 valence electrons. The second-order valence-corrected chi connectivity index (χ2v) is 6.19. The highest BCUT2D eigenvalue weighted by atomic mass is 19.3. The molecule has 1 heterocycles. The van der Waals surface area contributed by atoms with Crippen LogP contribution in [0.15, 0.2) is 47.3 Å². The molecule has 3 rings (SSSR count). The van der Waals surface area contributed by atoms with Crippen molar-refractivity contribution in [3.8, 4) is 11.5 Å². The summed E-state index contributed by atoms with van der Waals surface area (Å²) in [7, 11) is 1.36. The first-order valence-corrected chi connectivity index (χ1v) is 8.82. The topological polar surface area (TPSA) is 93.3 Å². The van der Waals surface area contributed by atoms with Crippen molar-refractivity contribution in [3.05, 3.63) is 64.1 Å². The summed E-state index contributed by atoms with van der Waals surface area (Å²) in [6.07, 6.45) is 0.485. The first-order valence-electron chi connectivity index (χ1n) is 8.82. The third-order valence-electron chi connectivity index (χ3n) is 4.28. The number of carbonyl (C=O) groups excluding carboxylic acids is 1. The molecule has 0 aliphatic heterocycles. The monoisotopic (exact) mass is 403 g/mol. The van der Waals surface area contributed by atoms with Crippen molar-refractivity contribution in [2.45, 2.75) is 19.5 Å². The summed E-state index contributed by atoms with van der Waals surface area (Å²) >= 11 is 0. The van der Waals surface area contributed by atoms with Gasteiger partial charge in [-0.3, -0.25) is 9.59 Å². The van der Waals surface area contributed by atoms with Crippen LogP contribution in [-0.2, 0) is 17.6 Å². The number of hydrogen-bond donors (Lipinski definition) is 2. The molecular formula is C20H19F2N3O4. The quantitative estimate of drug-likeness (QED) is 0.603. The fourth-order valence-corrected chi connectivity index (χ4v) is 2.93. The van der Waals surface area contributed by atoms with Gasteiger partial charge in [0.15, 0.2) is 11.5 Å². The van der Waals surface area contributed by atoms with E-state index in [2.05, 4.69) is 20.3 Å². The van der Waals surface area contributed by atoms with Gasteiger partial charge in [0, 0.05) is 11.9 Å². The Hall–Kier alpha value is -3.49. The Labute approximate surface area is 164 Å². The van der Waals surface area contributed by atoms with E-state index in [0.29, 0.717) is 29.4 Å². The average Bonchev–Trinajstić information content (AvgIpc) is 2.71. The molecule has 1 aromatic heterocycles. The fraction of sp³-hybridized carbons (Fsp3) is 0.250. The van der Waals surface area contributed by atoms with Crippen LogP contribution in [0.4, 0.5) is 8.78 Å². The minimum absolute atomic E-state index is 0.0157. The Balaban J connectivity index is 1.59. The molecule has 9 heteroatoms. The van der Waals surface area contributed by atoms with Crippen LogP contribution in [0.5, 0.6) is 11.5 Å². The summed E-state index contributed by atoms with van der Waals surface area (Å²) < 4.78 is 34.2. The van der Waals surface area contributed by atoms with Crippen LogP contribution in [0, 0.1) is 0 Å². The maximum absolute atomic E-state index is 12.4. The number of rotatable bonds is 8. The maximum Gasteiger partial charge on any atom is 0.387 e. The lowest BCUT2D eigenvalue weighted by molar-refractivity contribution is -0.120. The van der Waals surface area contributed by atoms with Crippen molar-refractivity contribution in [2.24, 2.45) is 0 Å². The molecule has 0 spiro atoms. The van der Waals surface area contributed by atoms with Gasteiger partial charge in [0.1, 0.15) is 0 Å². The van der Waals surface area contributed by atoms with Crippen LogP contribution in [0.2, 0.25) is 0 Å². The molecule has 29 heavy (non-hydrogen) atoms. The molecule has 0 bridgehead atoms. The van der Waals surface area contributed by atoms with Crippen LogP contribution in [0.1, 0.15) is 11.3 Å². The van der Waals surface area contributed by atoms with Gasteiger partial charge in [0.25, 0.3) is 5.56 Å². The largest absolute Gasteiger partial charge is 0.493 e. The summed E-state index contributed by atoms with van der Waals surface area (Å²) in [6, 6.07) is 11.6. The van der Waals surface area contributed by atoms with Crippen LogP contribution in [-0.4, -0.2) is 36.4 Å². The van der Waals surface area contributed by atoms with Gasteiger partial charge >= 0.3 is 6.61 Å². The average molecular weight is 403 g/mol. The zero-order valence-corrected chi connectivity index (χ0v) is 15.6. The zero-order chi connectivity index (χ0) is 20.8. The maximum atomic E-state index is 12.4. The van der Waals surface area contributed by atoms with Gasteiger partial charge in [-0.1, -0.05) is 24.3 Å². The number of ether oxygens (including phenoxy) is 2. The molecule has 2 N–H and O–H groups in total. The van der Waals surface area contributed by atoms with Crippen LogP contribution in [0.3, 0.4) is 0 Å². The van der Waals surface area contributed by atoms with Gasteiger partial charge < -0.3 is 14.8 Å². The first kappa shape index (κ1) is 20.2. The molecule has 0 aliphatic rings. The molecule has 0 atom stereocenters. The Kier molecular flexibility index (Phi) is 6.38. The zero-order valence-electron chi connectivity index (χ0n) is 15.6. The van der Waals surface area contributed by atoms with E-state index >= 15 is 0 Å². The van der Waals surface area contributed by atoms with E-state index in [9.17, 15) is 18.4 Å². The Morgan fingerprint density at radius 1 is 1.17 bits per heavy atom. The highest BCUT2D eigenvalue weighted by Crippen LogP contribution is 2.29. The van der Waals surface area contributed by atoms with Crippen LogP contribution >= 0.6 is 0 Å². The van der Waals surface area contributed by atoms with Crippen molar-refractivity contribution in [3.63, 3.8) is 0 Å². The summed E-state index contributed by atoms with van der Waals surface area (Å²) in [5.41, 5.74) is 0.960. The summed E-state index contributed by atoms with van der Waals surface area (Å²) in [5.74, 6) is -0.108. The number of nitrogens with one attached hydrogen (secondary N) is 2. The number of nitrogens with zero attached hydrogens (tertiary/aromatic N) is 1. The van der Waals surface area contributed by atoms with Crippen LogP contribution in [0.25, 0.3) is 10.8 Å². The lowest BCUT2D eigenvalue weighted by atomic mass is 10.1. The van der Waals surface area contributed by atoms with Gasteiger partial charge in [-0.25, -0.2) is 5.10 Å². The molecule has 0 radical (unpaired) electrons. The van der Waals surface area contributed by atoms with Gasteiger partial charge in [0.2, 0.25) is 5.91 Å². The van der Waals surface area contributed by atoms with Crippen molar-refractivity contribution in [1.29, 1.82) is 0 Å². The SMILES string of the molecule is COc1cc(CCNC(=O)Cc2n[nH]c(=O)c3ccccc23)ccc1OC(F)F. The number of benzene rings is 2. The van der Waals surface area contributed by atoms with E-state index in [0.717, 1.165) is 5.56 Å². The Morgan fingerprint density at radius 3 is 2.66 bits per heavy atom. The Bertz CT molecular complexity index is 1070. The van der Waals surface area contributed by atoms with Gasteiger partial charge in [0.05, 0.1) is 24.6 Å². The van der Waals surface area contributed by atoms with E-state index in [4.69, 9.17) is 4.74 Å². The van der Waals surface area contributed by atoms with E-state index in [1.165, 1.54) is 13.2 Å². The number of alkyl halides is 2. The number of carbonyl (C=O) groups is 1. The molecule has 2 aromatic carbocycles. The normalized spacial score (nSPS) is 10.9. The van der Waals surface area contributed by atoms with Gasteiger partial charge in [-0.2, -0.15) is 13.9 Å². The highest BCUT2D eigenvalue weighted by Gasteiger charge is 2.12. The third kappa shape index (κ3) is 5.07. The van der Waals surface area contributed by atoms with Crippen molar-refractivity contribution in [2.75, 3.05) is 13.7 Å². The van der Waals surface area contributed by atoms with Crippen molar-refractivity contribution >= 4 is 16.7 Å². The number of fused-ring (bicyclic) bond motifs is 1. The molecule has 1 amide bonds. The number of hydrogen-bond acceptors (Lipinski definition) is 5. The lowest BCUT2D eigenvalue weighted by Gasteiger charge is -2.12. The lowest BCUT2D eigenvalue weighted by Crippen LogP contribution is -2.28. The van der Waals surface area contributed by atoms with Crippen molar-refractivity contribution in [1.82, 2.24) is 15.5 Å². The summed E-state index contributed by atoms with van der Waals surface area (Å²) in [4.78, 5) is 24.1. The second-order valence-electron chi connectivity index (χ2n) is 6.19.